The summed E-state index contributed by atoms with van der Waals surface area (Å²) in [7, 11) is 0. The number of amides is 1. The molecule has 2 aliphatic rings. The predicted molar refractivity (Wildman–Crippen MR) is 82.2 cm³/mol. The first-order valence-electron chi connectivity index (χ1n) is 8.01. The normalized spacial score (nSPS) is 17.6. The van der Waals surface area contributed by atoms with E-state index < -0.39 is 0 Å². The minimum Gasteiger partial charge on any atom is -0.484 e. The van der Waals surface area contributed by atoms with Crippen molar-refractivity contribution >= 4 is 5.91 Å². The number of likely N-dealkylation sites (N-methyl/N-ethyl adjacent to an activating group) is 1. The van der Waals surface area contributed by atoms with E-state index in [9.17, 15) is 4.79 Å². The molecule has 4 heteroatoms. The van der Waals surface area contributed by atoms with Gasteiger partial charge in [-0.1, -0.05) is 12.1 Å². The lowest BCUT2D eigenvalue weighted by Crippen LogP contribution is -2.36. The number of hydrogen-bond acceptors (Lipinski definition) is 3. The summed E-state index contributed by atoms with van der Waals surface area (Å²) in [6, 6.07) is 9.21. The topological polar surface area (TPSA) is 41.6 Å². The van der Waals surface area contributed by atoms with Crippen LogP contribution in [0.25, 0.3) is 0 Å². The third kappa shape index (κ3) is 4.21. The molecule has 4 nitrogen and oxygen atoms in total. The summed E-state index contributed by atoms with van der Waals surface area (Å²) in [6.45, 7) is 3.86. The molecule has 1 aromatic carbocycles. The van der Waals surface area contributed by atoms with E-state index in [0.717, 1.165) is 37.7 Å². The Morgan fingerprint density at radius 2 is 1.95 bits per heavy atom. The molecule has 1 N–H and O–H groups in total. The lowest BCUT2D eigenvalue weighted by molar-refractivity contribution is -0.133. The molecule has 0 heterocycles. The van der Waals surface area contributed by atoms with E-state index in [1.165, 1.54) is 18.4 Å². The number of carbonyl (C=O) groups is 1. The van der Waals surface area contributed by atoms with Gasteiger partial charge in [-0.2, -0.15) is 0 Å². The Balaban J connectivity index is 1.44. The molecule has 0 aromatic heterocycles. The Morgan fingerprint density at radius 1 is 1.24 bits per heavy atom. The maximum atomic E-state index is 12.1. The highest BCUT2D eigenvalue weighted by Crippen LogP contribution is 2.26. The lowest BCUT2D eigenvalue weighted by atomic mass is 10.2. The molecule has 0 aliphatic heterocycles. The zero-order valence-corrected chi connectivity index (χ0v) is 12.7. The molecule has 114 valence electrons. The number of benzene rings is 1. The van der Waals surface area contributed by atoms with Gasteiger partial charge in [0.15, 0.2) is 6.61 Å². The van der Waals surface area contributed by atoms with Gasteiger partial charge in [0.25, 0.3) is 5.91 Å². The molecule has 0 radical (unpaired) electrons. The molecule has 0 bridgehead atoms. The second-order valence-corrected chi connectivity index (χ2v) is 6.00. The van der Waals surface area contributed by atoms with E-state index >= 15 is 0 Å². The van der Waals surface area contributed by atoms with E-state index in [4.69, 9.17) is 4.74 Å². The van der Waals surface area contributed by atoms with Crippen LogP contribution >= 0.6 is 0 Å². The van der Waals surface area contributed by atoms with Crippen molar-refractivity contribution in [1.29, 1.82) is 0 Å². The van der Waals surface area contributed by atoms with E-state index in [0.29, 0.717) is 6.04 Å². The van der Waals surface area contributed by atoms with Gasteiger partial charge in [0.1, 0.15) is 5.75 Å². The molecule has 1 aromatic rings. The number of carbonyl (C=O) groups excluding carboxylic acids is 1. The summed E-state index contributed by atoms with van der Waals surface area (Å²) in [5.41, 5.74) is 1.26. The highest BCUT2D eigenvalue weighted by atomic mass is 16.5. The van der Waals surface area contributed by atoms with E-state index in [1.807, 2.05) is 24.0 Å². The molecule has 0 saturated heterocycles. The molecule has 0 unspecified atom stereocenters. The van der Waals surface area contributed by atoms with Crippen molar-refractivity contribution in [3.8, 4) is 5.75 Å². The van der Waals surface area contributed by atoms with Crippen molar-refractivity contribution in [2.75, 3.05) is 13.2 Å². The lowest BCUT2D eigenvalue weighted by Gasteiger charge is -2.20. The van der Waals surface area contributed by atoms with Crippen LogP contribution in [-0.2, 0) is 11.3 Å². The number of nitrogens with zero attached hydrogens (tertiary/aromatic N) is 1. The smallest absolute Gasteiger partial charge is 0.260 e. The first-order chi connectivity index (χ1) is 10.3. The summed E-state index contributed by atoms with van der Waals surface area (Å²) >= 11 is 0. The summed E-state index contributed by atoms with van der Waals surface area (Å²) in [6.07, 6.45) is 4.89. The third-order valence-electron chi connectivity index (χ3n) is 4.11. The van der Waals surface area contributed by atoms with Crippen LogP contribution in [0.3, 0.4) is 0 Å². The average molecular weight is 288 g/mol. The zero-order chi connectivity index (χ0) is 14.7. The Labute approximate surface area is 126 Å². The second-order valence-electron chi connectivity index (χ2n) is 6.00. The Bertz CT molecular complexity index is 478. The van der Waals surface area contributed by atoms with E-state index in [1.54, 1.807) is 0 Å². The standard InChI is InChI=1S/C17H24N2O2/c1-2-19(15-7-8-15)17(20)12-21-16-9-3-13(4-10-16)11-18-14-5-6-14/h3-4,9-10,14-15,18H,2,5-8,11-12H2,1H3. The van der Waals surface area contributed by atoms with Crippen LogP contribution in [0.5, 0.6) is 5.75 Å². The minimum atomic E-state index is 0.0967. The van der Waals surface area contributed by atoms with Gasteiger partial charge in [-0.3, -0.25) is 4.79 Å². The molecule has 2 saturated carbocycles. The van der Waals surface area contributed by atoms with Gasteiger partial charge in [-0.15, -0.1) is 0 Å². The zero-order valence-electron chi connectivity index (χ0n) is 12.7. The number of nitrogens with one attached hydrogen (secondary N) is 1. The van der Waals surface area contributed by atoms with Gasteiger partial charge in [0.2, 0.25) is 0 Å². The summed E-state index contributed by atoms with van der Waals surface area (Å²) < 4.78 is 5.61. The Hall–Kier alpha value is -1.55. The monoisotopic (exact) mass is 288 g/mol. The van der Waals surface area contributed by atoms with Crippen LogP contribution in [0.2, 0.25) is 0 Å². The highest BCUT2D eigenvalue weighted by molar-refractivity contribution is 5.78. The molecule has 3 rings (SSSR count). The first kappa shape index (κ1) is 14.4. The maximum absolute atomic E-state index is 12.1. The highest BCUT2D eigenvalue weighted by Gasteiger charge is 2.31. The molecule has 1 amide bonds. The van der Waals surface area contributed by atoms with Gasteiger partial charge in [0, 0.05) is 25.2 Å². The Morgan fingerprint density at radius 3 is 2.52 bits per heavy atom. The Kier molecular flexibility index (Phi) is 4.44. The molecule has 0 atom stereocenters. The summed E-state index contributed by atoms with van der Waals surface area (Å²) in [5, 5.41) is 3.48. The van der Waals surface area contributed by atoms with Crippen LogP contribution in [0, 0.1) is 0 Å². The maximum Gasteiger partial charge on any atom is 0.260 e. The van der Waals surface area contributed by atoms with Crippen LogP contribution in [0.1, 0.15) is 38.2 Å². The van der Waals surface area contributed by atoms with Crippen molar-refractivity contribution in [1.82, 2.24) is 10.2 Å². The molecule has 0 spiro atoms. The fourth-order valence-electron chi connectivity index (χ4n) is 2.51. The second kappa shape index (κ2) is 6.48. The van der Waals surface area contributed by atoms with Gasteiger partial charge in [0.05, 0.1) is 0 Å². The van der Waals surface area contributed by atoms with Crippen LogP contribution < -0.4 is 10.1 Å². The van der Waals surface area contributed by atoms with Gasteiger partial charge >= 0.3 is 0 Å². The molecular formula is C17H24N2O2. The van der Waals surface area contributed by atoms with Gasteiger partial charge < -0.3 is 15.0 Å². The van der Waals surface area contributed by atoms with Crippen molar-refractivity contribution in [3.05, 3.63) is 29.8 Å². The number of rotatable bonds is 8. The SMILES string of the molecule is CCN(C(=O)COc1ccc(CNC2CC2)cc1)C1CC1. The van der Waals surface area contributed by atoms with Crippen molar-refractivity contribution in [2.45, 2.75) is 51.2 Å². The van der Waals surface area contributed by atoms with Crippen molar-refractivity contribution in [3.63, 3.8) is 0 Å². The van der Waals surface area contributed by atoms with Crippen molar-refractivity contribution < 1.29 is 9.53 Å². The molecule has 21 heavy (non-hydrogen) atoms. The summed E-state index contributed by atoms with van der Waals surface area (Å²) in [5.74, 6) is 0.866. The quantitative estimate of drug-likeness (QED) is 0.798. The molecule has 2 fully saturated rings. The van der Waals surface area contributed by atoms with Gasteiger partial charge in [-0.25, -0.2) is 0 Å². The average Bonchev–Trinajstić information content (AvgIpc) is 3.38. The van der Waals surface area contributed by atoms with Crippen LogP contribution in [-0.4, -0.2) is 36.0 Å². The number of ether oxygens (including phenoxy) is 1. The fourth-order valence-corrected chi connectivity index (χ4v) is 2.51. The van der Waals surface area contributed by atoms with E-state index in [2.05, 4.69) is 17.4 Å². The predicted octanol–water partition coefficient (Wildman–Crippen LogP) is 2.33. The van der Waals surface area contributed by atoms with Crippen molar-refractivity contribution in [2.24, 2.45) is 0 Å². The fraction of sp³-hybridized carbons (Fsp3) is 0.588. The first-order valence-corrected chi connectivity index (χ1v) is 8.01. The summed E-state index contributed by atoms with van der Waals surface area (Å²) in [4.78, 5) is 14.0. The molecule has 2 aliphatic carbocycles. The minimum absolute atomic E-state index is 0.0967. The molecular weight excluding hydrogens is 264 g/mol. The van der Waals surface area contributed by atoms with Crippen LogP contribution in [0.15, 0.2) is 24.3 Å². The number of hydrogen-bond donors (Lipinski definition) is 1. The largest absolute Gasteiger partial charge is 0.484 e. The van der Waals surface area contributed by atoms with Crippen LogP contribution in [0.4, 0.5) is 0 Å². The third-order valence-corrected chi connectivity index (χ3v) is 4.11. The van der Waals surface area contributed by atoms with E-state index in [-0.39, 0.29) is 12.5 Å². The van der Waals surface area contributed by atoms with Gasteiger partial charge in [-0.05, 0) is 50.3 Å².